The minimum atomic E-state index is -0.355. The fraction of sp³-hybridized carbons (Fsp3) is 0.250. The second-order valence-electron chi connectivity index (χ2n) is 4.73. The molecular formula is C16H17BrClNO2. The summed E-state index contributed by atoms with van der Waals surface area (Å²) in [5.41, 5.74) is 9.30. The number of hydrogen-bond donors (Lipinski definition) is 1. The summed E-state index contributed by atoms with van der Waals surface area (Å²) < 4.78 is 11.5. The summed E-state index contributed by atoms with van der Waals surface area (Å²) in [6.07, 6.45) is 0. The predicted molar refractivity (Wildman–Crippen MR) is 89.5 cm³/mol. The van der Waals surface area contributed by atoms with Gasteiger partial charge in [-0.2, -0.15) is 0 Å². The van der Waals surface area contributed by atoms with Gasteiger partial charge in [-0.1, -0.05) is 45.2 Å². The Bertz CT molecular complexity index is 661. The summed E-state index contributed by atoms with van der Waals surface area (Å²) >= 11 is 9.88. The lowest BCUT2D eigenvalue weighted by molar-refractivity contribution is 0.354. The summed E-state index contributed by atoms with van der Waals surface area (Å²) in [5.74, 6) is 1.19. The van der Waals surface area contributed by atoms with Crippen LogP contribution in [0, 0.1) is 6.92 Å². The van der Waals surface area contributed by atoms with E-state index >= 15 is 0 Å². The molecule has 0 aliphatic heterocycles. The van der Waals surface area contributed by atoms with Gasteiger partial charge in [0, 0.05) is 15.6 Å². The van der Waals surface area contributed by atoms with Crippen LogP contribution in [-0.4, -0.2) is 14.2 Å². The first kappa shape index (κ1) is 16.1. The van der Waals surface area contributed by atoms with E-state index in [2.05, 4.69) is 15.9 Å². The van der Waals surface area contributed by atoms with Crippen LogP contribution < -0.4 is 15.2 Å². The molecule has 0 fully saturated rings. The minimum Gasteiger partial charge on any atom is -0.493 e. The molecule has 2 rings (SSSR count). The molecule has 0 aliphatic rings. The van der Waals surface area contributed by atoms with Gasteiger partial charge in [0.2, 0.25) is 0 Å². The molecular weight excluding hydrogens is 354 g/mol. The third-order valence-electron chi connectivity index (χ3n) is 3.32. The molecule has 2 aromatic carbocycles. The third-order valence-corrected chi connectivity index (χ3v) is 4.37. The molecule has 2 aromatic rings. The molecule has 0 saturated carbocycles. The second-order valence-corrected chi connectivity index (χ2v) is 5.99. The van der Waals surface area contributed by atoms with E-state index in [0.29, 0.717) is 16.5 Å². The van der Waals surface area contributed by atoms with E-state index in [9.17, 15) is 0 Å². The Hall–Kier alpha value is -1.23. The SMILES string of the molecule is COc1cc(Cl)c(C(N)c2cc(C)ccc2Br)cc1OC. The molecule has 0 saturated heterocycles. The van der Waals surface area contributed by atoms with Crippen molar-refractivity contribution in [1.29, 1.82) is 0 Å². The fourth-order valence-electron chi connectivity index (χ4n) is 2.18. The van der Waals surface area contributed by atoms with Crippen molar-refractivity contribution in [2.75, 3.05) is 14.2 Å². The van der Waals surface area contributed by atoms with E-state index in [-0.39, 0.29) is 6.04 Å². The number of benzene rings is 2. The van der Waals surface area contributed by atoms with E-state index in [1.165, 1.54) is 0 Å². The number of halogens is 2. The largest absolute Gasteiger partial charge is 0.493 e. The average molecular weight is 371 g/mol. The minimum absolute atomic E-state index is 0.355. The van der Waals surface area contributed by atoms with E-state index in [4.69, 9.17) is 26.8 Å². The van der Waals surface area contributed by atoms with Crippen LogP contribution in [-0.2, 0) is 0 Å². The summed E-state index contributed by atoms with van der Waals surface area (Å²) in [7, 11) is 3.16. The average Bonchev–Trinajstić information content (AvgIpc) is 2.48. The number of aryl methyl sites for hydroxylation is 1. The van der Waals surface area contributed by atoms with E-state index < -0.39 is 0 Å². The van der Waals surface area contributed by atoms with Crippen molar-refractivity contribution in [2.45, 2.75) is 13.0 Å². The molecule has 0 bridgehead atoms. The van der Waals surface area contributed by atoms with Gasteiger partial charge in [-0.05, 0) is 30.2 Å². The van der Waals surface area contributed by atoms with E-state index in [0.717, 1.165) is 21.2 Å². The molecule has 0 spiro atoms. The molecule has 0 aromatic heterocycles. The normalized spacial score (nSPS) is 12.1. The monoisotopic (exact) mass is 369 g/mol. The highest BCUT2D eigenvalue weighted by Gasteiger charge is 2.18. The van der Waals surface area contributed by atoms with Crippen molar-refractivity contribution in [3.05, 3.63) is 56.5 Å². The standard InChI is InChI=1S/C16H17BrClNO2/c1-9-4-5-12(17)10(6-9)16(19)11-7-14(20-2)15(21-3)8-13(11)18/h4-8,16H,19H2,1-3H3. The molecule has 112 valence electrons. The zero-order valence-electron chi connectivity index (χ0n) is 12.1. The van der Waals surface area contributed by atoms with Crippen LogP contribution in [0.15, 0.2) is 34.8 Å². The zero-order valence-corrected chi connectivity index (χ0v) is 14.5. The Morgan fingerprint density at radius 3 is 2.29 bits per heavy atom. The lowest BCUT2D eigenvalue weighted by Crippen LogP contribution is -2.13. The lowest BCUT2D eigenvalue weighted by Gasteiger charge is -2.19. The molecule has 5 heteroatoms. The molecule has 0 amide bonds. The molecule has 3 nitrogen and oxygen atoms in total. The Labute approximate surface area is 138 Å². The van der Waals surface area contributed by atoms with E-state index in [1.807, 2.05) is 31.2 Å². The van der Waals surface area contributed by atoms with Gasteiger partial charge < -0.3 is 15.2 Å². The topological polar surface area (TPSA) is 44.5 Å². The van der Waals surface area contributed by atoms with Crippen molar-refractivity contribution >= 4 is 27.5 Å². The summed E-state index contributed by atoms with van der Waals surface area (Å²) in [6.45, 7) is 2.03. The van der Waals surface area contributed by atoms with E-state index in [1.54, 1.807) is 20.3 Å². The first-order valence-corrected chi connectivity index (χ1v) is 7.58. The van der Waals surface area contributed by atoms with Crippen molar-refractivity contribution in [2.24, 2.45) is 5.73 Å². The van der Waals surface area contributed by atoms with Crippen LogP contribution in [0.25, 0.3) is 0 Å². The molecule has 0 heterocycles. The molecule has 1 atom stereocenters. The summed E-state index contributed by atoms with van der Waals surface area (Å²) in [5, 5.41) is 0.550. The fourth-order valence-corrected chi connectivity index (χ4v) is 2.94. The van der Waals surface area contributed by atoms with Crippen molar-refractivity contribution in [3.63, 3.8) is 0 Å². The van der Waals surface area contributed by atoms with Crippen molar-refractivity contribution in [3.8, 4) is 11.5 Å². The highest BCUT2D eigenvalue weighted by molar-refractivity contribution is 9.10. The lowest BCUT2D eigenvalue weighted by atomic mass is 9.97. The van der Waals surface area contributed by atoms with Gasteiger partial charge in [-0.3, -0.25) is 0 Å². The first-order chi connectivity index (χ1) is 9.97. The number of nitrogens with two attached hydrogens (primary N) is 1. The van der Waals surface area contributed by atoms with Gasteiger partial charge in [-0.15, -0.1) is 0 Å². The van der Waals surface area contributed by atoms with Gasteiger partial charge in [0.05, 0.1) is 20.3 Å². The summed E-state index contributed by atoms with van der Waals surface area (Å²) in [6, 6.07) is 9.24. The van der Waals surface area contributed by atoms with Crippen LogP contribution >= 0.6 is 27.5 Å². The van der Waals surface area contributed by atoms with Gasteiger partial charge in [0.25, 0.3) is 0 Å². The predicted octanol–water partition coefficient (Wildman–Crippen LogP) is 4.48. The Kier molecular flexibility index (Phi) is 5.14. The maximum atomic E-state index is 6.39. The van der Waals surface area contributed by atoms with Crippen LogP contribution in [0.3, 0.4) is 0 Å². The van der Waals surface area contributed by atoms with Gasteiger partial charge in [0.15, 0.2) is 11.5 Å². The smallest absolute Gasteiger partial charge is 0.162 e. The summed E-state index contributed by atoms with van der Waals surface area (Å²) in [4.78, 5) is 0. The first-order valence-electron chi connectivity index (χ1n) is 6.41. The van der Waals surface area contributed by atoms with Crippen LogP contribution in [0.1, 0.15) is 22.7 Å². The molecule has 21 heavy (non-hydrogen) atoms. The molecule has 0 aliphatic carbocycles. The van der Waals surface area contributed by atoms with Gasteiger partial charge >= 0.3 is 0 Å². The highest BCUT2D eigenvalue weighted by Crippen LogP contribution is 2.38. The van der Waals surface area contributed by atoms with Crippen LogP contribution in [0.4, 0.5) is 0 Å². The maximum Gasteiger partial charge on any atom is 0.162 e. The Morgan fingerprint density at radius 2 is 1.67 bits per heavy atom. The Morgan fingerprint density at radius 1 is 1.05 bits per heavy atom. The van der Waals surface area contributed by atoms with Gasteiger partial charge in [-0.25, -0.2) is 0 Å². The number of hydrogen-bond acceptors (Lipinski definition) is 3. The second kappa shape index (κ2) is 6.69. The Balaban J connectivity index is 2.52. The molecule has 2 N–H and O–H groups in total. The molecule has 0 radical (unpaired) electrons. The number of methoxy groups -OCH3 is 2. The van der Waals surface area contributed by atoms with Crippen molar-refractivity contribution in [1.82, 2.24) is 0 Å². The van der Waals surface area contributed by atoms with Crippen LogP contribution in [0.2, 0.25) is 5.02 Å². The van der Waals surface area contributed by atoms with Crippen molar-refractivity contribution < 1.29 is 9.47 Å². The third kappa shape index (κ3) is 3.34. The number of ether oxygens (including phenoxy) is 2. The highest BCUT2D eigenvalue weighted by atomic mass is 79.9. The van der Waals surface area contributed by atoms with Crippen LogP contribution in [0.5, 0.6) is 11.5 Å². The zero-order chi connectivity index (χ0) is 15.6. The quantitative estimate of drug-likeness (QED) is 0.863. The number of rotatable bonds is 4. The molecule has 1 unspecified atom stereocenters. The van der Waals surface area contributed by atoms with Gasteiger partial charge in [0.1, 0.15) is 0 Å². The maximum absolute atomic E-state index is 6.39.